The molecule has 0 atom stereocenters. The summed E-state index contributed by atoms with van der Waals surface area (Å²) in [5, 5.41) is 18.5. The van der Waals surface area contributed by atoms with Crippen molar-refractivity contribution in [3.8, 4) is 5.69 Å². The maximum atomic E-state index is 10.9. The summed E-state index contributed by atoms with van der Waals surface area (Å²) in [6.45, 7) is 2.82. The van der Waals surface area contributed by atoms with E-state index in [0.717, 1.165) is 18.8 Å². The fourth-order valence-corrected chi connectivity index (χ4v) is 2.23. The maximum Gasteiger partial charge on any atom is 0.271 e. The Balaban J connectivity index is 2.06. The summed E-state index contributed by atoms with van der Waals surface area (Å²) in [5.41, 5.74) is 1.66. The smallest absolute Gasteiger partial charge is 0.271 e. The zero-order chi connectivity index (χ0) is 13.9. The number of nitrogens with zero attached hydrogens (tertiary/aromatic N) is 5. The van der Waals surface area contributed by atoms with Crippen LogP contribution in [0, 0.1) is 10.1 Å². The fourth-order valence-electron chi connectivity index (χ4n) is 2.23. The molecule has 2 aromatic rings. The molecule has 1 aliphatic heterocycles. The molecule has 20 heavy (non-hydrogen) atoms. The van der Waals surface area contributed by atoms with E-state index in [0.29, 0.717) is 18.9 Å². The zero-order valence-corrected chi connectivity index (χ0v) is 10.7. The van der Waals surface area contributed by atoms with Gasteiger partial charge in [0.15, 0.2) is 0 Å². The van der Waals surface area contributed by atoms with Crippen molar-refractivity contribution >= 4 is 11.4 Å². The van der Waals surface area contributed by atoms with Crippen LogP contribution in [0.1, 0.15) is 0 Å². The van der Waals surface area contributed by atoms with Gasteiger partial charge in [-0.1, -0.05) is 0 Å². The highest BCUT2D eigenvalue weighted by Crippen LogP contribution is 2.29. The van der Waals surface area contributed by atoms with Gasteiger partial charge in [-0.25, -0.2) is 0 Å². The van der Waals surface area contributed by atoms with Gasteiger partial charge in [0.1, 0.15) is 12.7 Å². The Bertz CT molecular complexity index is 608. The van der Waals surface area contributed by atoms with Gasteiger partial charge in [-0.3, -0.25) is 14.7 Å². The average molecular weight is 275 g/mol. The average Bonchev–Trinajstić information content (AvgIpc) is 3.01. The topological polar surface area (TPSA) is 86.3 Å². The first kappa shape index (κ1) is 12.5. The lowest BCUT2D eigenvalue weighted by Crippen LogP contribution is -2.36. The summed E-state index contributed by atoms with van der Waals surface area (Å²) in [5.74, 6) is 0. The molecule has 2 heterocycles. The fraction of sp³-hybridized carbons (Fsp3) is 0.333. The first-order valence-corrected chi connectivity index (χ1v) is 6.22. The zero-order valence-electron chi connectivity index (χ0n) is 10.7. The van der Waals surface area contributed by atoms with Gasteiger partial charge in [0.05, 0.1) is 29.5 Å². The Morgan fingerprint density at radius 1 is 1.15 bits per heavy atom. The van der Waals surface area contributed by atoms with Gasteiger partial charge >= 0.3 is 0 Å². The second-order valence-electron chi connectivity index (χ2n) is 4.40. The summed E-state index contributed by atoms with van der Waals surface area (Å²) in [7, 11) is 0. The molecule has 1 saturated heterocycles. The van der Waals surface area contributed by atoms with Gasteiger partial charge in [0.2, 0.25) is 0 Å². The normalized spacial score (nSPS) is 15.3. The molecular formula is C12H13N5O3. The van der Waals surface area contributed by atoms with Crippen LogP contribution >= 0.6 is 0 Å². The summed E-state index contributed by atoms with van der Waals surface area (Å²) >= 11 is 0. The Hall–Kier alpha value is -2.48. The number of nitro benzene ring substituents is 1. The van der Waals surface area contributed by atoms with E-state index in [4.69, 9.17) is 4.74 Å². The predicted molar refractivity (Wildman–Crippen MR) is 71.0 cm³/mol. The minimum Gasteiger partial charge on any atom is -0.378 e. The van der Waals surface area contributed by atoms with Crippen LogP contribution in [-0.4, -0.2) is 46.0 Å². The van der Waals surface area contributed by atoms with Gasteiger partial charge in [-0.05, 0) is 6.07 Å². The Morgan fingerprint density at radius 2 is 1.85 bits per heavy atom. The van der Waals surface area contributed by atoms with Crippen LogP contribution in [0.2, 0.25) is 0 Å². The van der Waals surface area contributed by atoms with Crippen LogP contribution in [0.5, 0.6) is 0 Å². The Labute approximate surface area is 114 Å². The molecule has 1 fully saturated rings. The molecule has 0 radical (unpaired) electrons. The largest absolute Gasteiger partial charge is 0.378 e. The van der Waals surface area contributed by atoms with Crippen LogP contribution in [0.25, 0.3) is 5.69 Å². The van der Waals surface area contributed by atoms with Gasteiger partial charge in [-0.2, -0.15) is 0 Å². The lowest BCUT2D eigenvalue weighted by Gasteiger charge is -2.30. The monoisotopic (exact) mass is 275 g/mol. The summed E-state index contributed by atoms with van der Waals surface area (Å²) in [6.07, 6.45) is 3.06. The van der Waals surface area contributed by atoms with Crippen molar-refractivity contribution in [1.29, 1.82) is 0 Å². The van der Waals surface area contributed by atoms with E-state index in [1.54, 1.807) is 10.6 Å². The molecule has 8 heteroatoms. The summed E-state index contributed by atoms with van der Waals surface area (Å²) in [6, 6.07) is 4.81. The van der Waals surface area contributed by atoms with E-state index < -0.39 is 4.92 Å². The van der Waals surface area contributed by atoms with Crippen LogP contribution < -0.4 is 4.90 Å². The third-order valence-electron chi connectivity index (χ3n) is 3.22. The number of anilines is 1. The number of hydrogen-bond donors (Lipinski definition) is 0. The minimum absolute atomic E-state index is 0.0470. The highest BCUT2D eigenvalue weighted by molar-refractivity contribution is 5.66. The molecule has 0 amide bonds. The van der Waals surface area contributed by atoms with Crippen LogP contribution in [0.15, 0.2) is 30.9 Å². The second-order valence-corrected chi connectivity index (χ2v) is 4.40. The third-order valence-corrected chi connectivity index (χ3v) is 3.22. The number of benzene rings is 1. The van der Waals surface area contributed by atoms with Crippen LogP contribution in [-0.2, 0) is 4.74 Å². The summed E-state index contributed by atoms with van der Waals surface area (Å²) in [4.78, 5) is 12.7. The molecule has 0 spiro atoms. The van der Waals surface area contributed by atoms with Crippen molar-refractivity contribution in [2.45, 2.75) is 0 Å². The lowest BCUT2D eigenvalue weighted by molar-refractivity contribution is -0.384. The molecule has 0 saturated carbocycles. The maximum absolute atomic E-state index is 10.9. The Morgan fingerprint density at radius 3 is 2.50 bits per heavy atom. The summed E-state index contributed by atoms with van der Waals surface area (Å²) < 4.78 is 7.01. The molecule has 3 rings (SSSR count). The van der Waals surface area contributed by atoms with Crippen molar-refractivity contribution in [3.05, 3.63) is 41.0 Å². The number of ether oxygens (including phenoxy) is 1. The van der Waals surface area contributed by atoms with Gasteiger partial charge < -0.3 is 9.64 Å². The van der Waals surface area contributed by atoms with Crippen molar-refractivity contribution in [3.63, 3.8) is 0 Å². The molecule has 104 valence electrons. The Kier molecular flexibility index (Phi) is 3.30. The van der Waals surface area contributed by atoms with E-state index in [1.165, 1.54) is 24.8 Å². The molecule has 1 aromatic carbocycles. The quantitative estimate of drug-likeness (QED) is 0.614. The van der Waals surface area contributed by atoms with Crippen LogP contribution in [0.4, 0.5) is 11.4 Å². The van der Waals surface area contributed by atoms with Gasteiger partial charge in [0.25, 0.3) is 5.69 Å². The van der Waals surface area contributed by atoms with Crippen LogP contribution in [0.3, 0.4) is 0 Å². The molecule has 0 unspecified atom stereocenters. The highest BCUT2D eigenvalue weighted by Gasteiger charge is 2.18. The van der Waals surface area contributed by atoms with E-state index in [1.807, 2.05) is 0 Å². The lowest BCUT2D eigenvalue weighted by atomic mass is 10.2. The molecule has 0 bridgehead atoms. The van der Waals surface area contributed by atoms with E-state index in [9.17, 15) is 10.1 Å². The third kappa shape index (κ3) is 2.32. The van der Waals surface area contributed by atoms with Crippen molar-refractivity contribution in [2.24, 2.45) is 0 Å². The molecule has 1 aromatic heterocycles. The number of morpholine rings is 1. The predicted octanol–water partition coefficient (Wildman–Crippen LogP) is 1.01. The molecule has 0 N–H and O–H groups in total. The molecular weight excluding hydrogens is 262 g/mol. The van der Waals surface area contributed by atoms with Gasteiger partial charge in [-0.15, -0.1) is 10.2 Å². The number of nitro groups is 1. The number of aromatic nitrogens is 3. The SMILES string of the molecule is O=[N+]([O-])c1ccc(N2CCOCC2)c(-n2cnnc2)c1. The van der Waals surface area contributed by atoms with Crippen molar-refractivity contribution < 1.29 is 9.66 Å². The standard InChI is InChI=1S/C12H13N5O3/c18-17(19)10-1-2-11(15-3-5-20-6-4-15)12(7-10)16-8-13-14-9-16/h1-2,7-9H,3-6H2. The minimum atomic E-state index is -0.406. The first-order valence-electron chi connectivity index (χ1n) is 6.22. The molecule has 8 nitrogen and oxygen atoms in total. The molecule has 0 aliphatic carbocycles. The number of non-ortho nitro benzene ring substituents is 1. The first-order chi connectivity index (χ1) is 9.75. The van der Waals surface area contributed by atoms with E-state index >= 15 is 0 Å². The van der Waals surface area contributed by atoms with Crippen molar-refractivity contribution in [1.82, 2.24) is 14.8 Å². The van der Waals surface area contributed by atoms with E-state index in [2.05, 4.69) is 15.1 Å². The van der Waals surface area contributed by atoms with Gasteiger partial charge in [0, 0.05) is 25.2 Å². The number of rotatable bonds is 3. The van der Waals surface area contributed by atoms with Crippen molar-refractivity contribution in [2.75, 3.05) is 31.2 Å². The number of hydrogen-bond acceptors (Lipinski definition) is 6. The molecule has 1 aliphatic rings. The van der Waals surface area contributed by atoms with E-state index in [-0.39, 0.29) is 5.69 Å². The second kappa shape index (κ2) is 5.25. The highest BCUT2D eigenvalue weighted by atomic mass is 16.6.